The number of hydrazone groups is 2. The predicted molar refractivity (Wildman–Crippen MR) is 213 cm³/mol. The zero-order valence-electron chi connectivity index (χ0n) is 31.6. The third-order valence-corrected chi connectivity index (χ3v) is 11.9. The van der Waals surface area contributed by atoms with Crippen LogP contribution in [0.15, 0.2) is 111 Å². The molecule has 299 valence electrons. The van der Waals surface area contributed by atoms with Gasteiger partial charge in [0.25, 0.3) is 0 Å². The fraction of sp³-hybridized carbons (Fsp3) is 0.154. The molecule has 1 radical (unpaired) electrons. The number of phenols is 2. The van der Waals surface area contributed by atoms with Crippen LogP contribution in [0.3, 0.4) is 0 Å². The third-order valence-electron chi connectivity index (χ3n) is 8.48. The normalized spacial score (nSPS) is 14.4. The largest absolute Gasteiger partial charge is 1.00 e. The van der Waals surface area contributed by atoms with Crippen molar-refractivity contribution in [3.05, 3.63) is 119 Å². The molecule has 15 nitrogen and oxygen atoms in total. The fourth-order valence-electron chi connectivity index (χ4n) is 5.37. The van der Waals surface area contributed by atoms with Gasteiger partial charge in [-0.1, -0.05) is 68.5 Å². The molecule has 4 aromatic rings. The Morgan fingerprint density at radius 2 is 1.21 bits per heavy atom. The van der Waals surface area contributed by atoms with Crippen LogP contribution in [-0.2, 0) is 57.4 Å². The number of carbonyl (C=O) groups is 3. The minimum absolute atomic E-state index is 0. The standard InChI is InChI=1S/C21H21N3O6S.C18H16N2O4S.Co/c1-3-31(28,29)15-8-10-17(25)16(11-15)23-24-20-18(26)9-7-13-5-4-6-14(19(13)20)12-30-21(27)22-2;1-2-25(23,24)13-8-10-16(21)15(11-13)19-20-18-14-6-4-3-5-12(14)7-9-17(18)22;/h4-11,23,25H,3,12H2,1-2H3,(H,22,27);3-11,19,21H,2H2,1H3;/p+1/b24-20+;20-18-;. The first kappa shape index (κ1) is 43.6. The molecule has 0 saturated carbocycles. The Balaban J connectivity index is 0.000000306. The van der Waals surface area contributed by atoms with Gasteiger partial charge in [0.15, 0.2) is 19.7 Å². The number of ketones is 2. The third kappa shape index (κ3) is 10.2. The zero-order chi connectivity index (χ0) is 40.6. The number of nitrogens with one attached hydrogen (secondary N) is 3. The van der Waals surface area contributed by atoms with Crippen LogP contribution in [-0.4, -0.2) is 74.7 Å². The van der Waals surface area contributed by atoms with Crippen LogP contribution in [0, 0.1) is 0 Å². The number of hydrogen-bond acceptors (Lipinski definition) is 14. The van der Waals surface area contributed by atoms with Crippen molar-refractivity contribution in [2.24, 2.45) is 10.2 Å². The topological polar surface area (TPSA) is 230 Å². The number of amides is 1. The van der Waals surface area contributed by atoms with Gasteiger partial charge >= 0.3 is 7.52 Å². The van der Waals surface area contributed by atoms with Crippen molar-refractivity contribution in [2.75, 3.05) is 29.4 Å². The van der Waals surface area contributed by atoms with Gasteiger partial charge in [0.2, 0.25) is 11.6 Å². The van der Waals surface area contributed by atoms with Crippen molar-refractivity contribution in [1.29, 1.82) is 0 Å². The number of anilines is 2. The number of carbonyl (C=O) groups excluding carboxylic acids is 3. The van der Waals surface area contributed by atoms with Crippen molar-refractivity contribution in [3.8, 4) is 11.5 Å². The number of ether oxygens (including phenoxy) is 1. The Morgan fingerprint density at radius 1 is 0.702 bits per heavy atom. The molecule has 0 unspecified atom stereocenters. The van der Waals surface area contributed by atoms with E-state index in [-0.39, 0.29) is 86.2 Å². The van der Waals surface area contributed by atoms with E-state index in [2.05, 4.69) is 26.4 Å². The maximum atomic E-state index is 12.5. The van der Waals surface area contributed by atoms with Gasteiger partial charge in [-0.3, -0.25) is 20.4 Å². The Labute approximate surface area is 340 Å². The summed E-state index contributed by atoms with van der Waals surface area (Å²) in [5, 5.41) is 30.6. The molecule has 0 spiro atoms. The SMILES string of the molecule is CCS(=O)(=O)c1ccc(O)c(N/N=C2\C(=O)C=Cc3cccc(COC(=O)NC)c32)c1.CCS(=O)(=O)c1ccc(O)c(N/N=C2\C(=O)C=Cc3ccccc32)c1.[Co].[H+]. The van der Waals surface area contributed by atoms with Crippen molar-refractivity contribution in [1.82, 2.24) is 5.32 Å². The minimum atomic E-state index is -3.50. The molecule has 57 heavy (non-hydrogen) atoms. The average molecular weight is 860 g/mol. The number of alkyl carbamates (subject to hydrolysis) is 1. The number of phenolic OH excluding ortho intramolecular Hbond substituents is 2. The first-order chi connectivity index (χ1) is 26.7. The molecule has 0 aliphatic heterocycles. The van der Waals surface area contributed by atoms with Crippen molar-refractivity contribution >= 4 is 72.3 Å². The summed E-state index contributed by atoms with van der Waals surface area (Å²) in [6.07, 6.45) is 5.49. The summed E-state index contributed by atoms with van der Waals surface area (Å²) in [6, 6.07) is 20.2. The van der Waals surface area contributed by atoms with E-state index in [9.17, 15) is 41.4 Å². The van der Waals surface area contributed by atoms with Crippen molar-refractivity contribution < 1.29 is 64.4 Å². The summed E-state index contributed by atoms with van der Waals surface area (Å²) in [7, 11) is -5.48. The summed E-state index contributed by atoms with van der Waals surface area (Å²) >= 11 is 0. The van der Waals surface area contributed by atoms with Crippen LogP contribution < -0.4 is 16.2 Å². The van der Waals surface area contributed by atoms with Crippen molar-refractivity contribution in [3.63, 3.8) is 0 Å². The van der Waals surface area contributed by atoms with Crippen molar-refractivity contribution in [2.45, 2.75) is 30.2 Å². The molecule has 0 fully saturated rings. The monoisotopic (exact) mass is 859 g/mol. The van der Waals surface area contributed by atoms with E-state index in [0.29, 0.717) is 22.3 Å². The molecular formula is C39H38CoN5O10S2+. The van der Waals surface area contributed by atoms with Crippen LogP contribution in [0.2, 0.25) is 0 Å². The molecule has 0 saturated heterocycles. The first-order valence-electron chi connectivity index (χ1n) is 17.0. The van der Waals surface area contributed by atoms with Gasteiger partial charge in [0.1, 0.15) is 29.5 Å². The number of nitrogens with zero attached hydrogens (tertiary/aromatic N) is 2. The molecule has 0 bridgehead atoms. The number of fused-ring (bicyclic) bond motifs is 2. The molecule has 0 atom stereocenters. The summed E-state index contributed by atoms with van der Waals surface area (Å²) in [5.41, 5.74) is 8.84. The molecule has 2 aliphatic rings. The first-order valence-corrected chi connectivity index (χ1v) is 20.3. The van der Waals surface area contributed by atoms with Gasteiger partial charge in [-0.25, -0.2) is 21.6 Å². The number of aromatic hydroxyl groups is 2. The molecule has 1 amide bonds. The van der Waals surface area contributed by atoms with E-state index in [1.807, 2.05) is 12.1 Å². The number of allylic oxidation sites excluding steroid dienone is 2. The van der Waals surface area contributed by atoms with Gasteiger partial charge in [-0.15, -0.1) is 0 Å². The number of benzene rings is 4. The molecule has 6 rings (SSSR count). The van der Waals surface area contributed by atoms with Gasteiger partial charge in [-0.2, -0.15) is 10.2 Å². The Morgan fingerprint density at radius 3 is 1.77 bits per heavy atom. The second-order valence-corrected chi connectivity index (χ2v) is 16.6. The Hall–Kier alpha value is -6.08. The maximum Gasteiger partial charge on any atom is 1.00 e. The minimum Gasteiger partial charge on any atom is -0.506 e. The number of rotatable bonds is 10. The fourth-order valence-corrected chi connectivity index (χ4v) is 7.19. The number of hydrogen-bond donors (Lipinski definition) is 5. The molecule has 2 aliphatic carbocycles. The maximum absolute atomic E-state index is 12.5. The van der Waals surface area contributed by atoms with Crippen LogP contribution in [0.25, 0.3) is 12.2 Å². The average Bonchev–Trinajstić information content (AvgIpc) is 3.20. The van der Waals surface area contributed by atoms with E-state index in [1.165, 1.54) is 62.5 Å². The number of sulfone groups is 2. The second kappa shape index (κ2) is 18.7. The van der Waals surface area contributed by atoms with E-state index >= 15 is 0 Å². The quantitative estimate of drug-likeness (QED) is 0.103. The summed E-state index contributed by atoms with van der Waals surface area (Å²) in [6.45, 7) is 2.97. The van der Waals surface area contributed by atoms with Crippen LogP contribution in [0.4, 0.5) is 16.2 Å². The molecule has 5 N–H and O–H groups in total. The Kier molecular flexibility index (Phi) is 14.3. The smallest absolute Gasteiger partial charge is 0.506 e. The summed E-state index contributed by atoms with van der Waals surface area (Å²) < 4.78 is 53.3. The Bertz CT molecular complexity index is 2580. The van der Waals surface area contributed by atoms with E-state index in [1.54, 1.807) is 49.4 Å². The summed E-state index contributed by atoms with van der Waals surface area (Å²) in [5.74, 6) is -1.21. The van der Waals surface area contributed by atoms with E-state index < -0.39 is 31.6 Å². The molecule has 4 aromatic carbocycles. The van der Waals surface area contributed by atoms with Crippen LogP contribution in [0.5, 0.6) is 11.5 Å². The van der Waals surface area contributed by atoms with Crippen LogP contribution in [0.1, 0.15) is 43.1 Å². The zero-order valence-corrected chi connectivity index (χ0v) is 33.3. The van der Waals surface area contributed by atoms with Gasteiger partial charge in [0.05, 0.1) is 32.7 Å². The second-order valence-electron chi connectivity index (χ2n) is 12.0. The summed E-state index contributed by atoms with van der Waals surface area (Å²) in [4.78, 5) is 36.2. The molecule has 0 aromatic heterocycles. The molecular weight excluding hydrogens is 822 g/mol. The molecule has 18 heteroatoms. The van der Waals surface area contributed by atoms with Gasteiger partial charge in [-0.05, 0) is 65.2 Å². The predicted octanol–water partition coefficient (Wildman–Crippen LogP) is 5.16. The van der Waals surface area contributed by atoms with Gasteiger partial charge < -0.3 is 20.3 Å². The van der Waals surface area contributed by atoms with Gasteiger partial charge in [0, 0.05) is 35.0 Å². The van der Waals surface area contributed by atoms with Crippen LogP contribution >= 0.6 is 0 Å². The van der Waals surface area contributed by atoms with E-state index in [4.69, 9.17) is 4.74 Å². The van der Waals surface area contributed by atoms with E-state index in [0.717, 1.165) is 5.56 Å². The molecule has 0 heterocycles.